The summed E-state index contributed by atoms with van der Waals surface area (Å²) in [6, 6.07) is 85.2. The Labute approximate surface area is 699 Å². The van der Waals surface area contributed by atoms with Crippen molar-refractivity contribution in [1.29, 1.82) is 0 Å². The number of esters is 4. The van der Waals surface area contributed by atoms with E-state index in [1.165, 1.54) is 27.7 Å². The molecule has 4 heterocycles. The Balaban J connectivity index is 0.873. The second-order valence-electron chi connectivity index (χ2n) is 29.6. The molecule has 20 atom stereocenters. The maximum atomic E-state index is 14.0. The number of aliphatic hydroxyl groups is 1. The molecule has 120 heavy (non-hydrogen) atoms. The Morgan fingerprint density at radius 1 is 0.225 bits per heavy atom. The summed E-state index contributed by atoms with van der Waals surface area (Å²) in [5, 5.41) is 12.0. The molecule has 1 N–H and O–H groups in total. The molecule has 0 bridgehead atoms. The van der Waals surface area contributed by atoms with Crippen LogP contribution in [0.2, 0.25) is 0 Å². The number of aliphatic hydroxyl groups excluding tert-OH is 1. The summed E-state index contributed by atoms with van der Waals surface area (Å²) in [4.78, 5) is 54.5. The van der Waals surface area contributed by atoms with Crippen LogP contribution in [0.5, 0.6) is 0 Å². The lowest BCUT2D eigenvalue weighted by Gasteiger charge is -2.48. The molecule has 13 rings (SSSR count). The lowest BCUT2D eigenvalue weighted by atomic mass is 9.96. The van der Waals surface area contributed by atoms with Gasteiger partial charge in [0.2, 0.25) is 0 Å². The Morgan fingerprint density at radius 2 is 0.408 bits per heavy atom. The van der Waals surface area contributed by atoms with Gasteiger partial charge in [0.05, 0.1) is 85.9 Å². The Morgan fingerprint density at radius 3 is 0.633 bits per heavy atom. The van der Waals surface area contributed by atoms with Gasteiger partial charge in [0, 0.05) is 27.7 Å². The van der Waals surface area contributed by atoms with E-state index in [1.54, 1.807) is 0 Å². The first-order valence-corrected chi connectivity index (χ1v) is 40.4. The summed E-state index contributed by atoms with van der Waals surface area (Å²) >= 11 is 0. The van der Waals surface area contributed by atoms with E-state index in [0.29, 0.717) is 0 Å². The zero-order valence-corrected chi connectivity index (χ0v) is 67.5. The largest absolute Gasteiger partial charge is 0.454 e. The van der Waals surface area contributed by atoms with Gasteiger partial charge in [-0.3, -0.25) is 19.2 Å². The van der Waals surface area contributed by atoms with E-state index in [9.17, 15) is 24.3 Å². The lowest BCUT2D eigenvalue weighted by molar-refractivity contribution is -0.359. The van der Waals surface area contributed by atoms with E-state index >= 15 is 0 Å². The van der Waals surface area contributed by atoms with Gasteiger partial charge in [-0.25, -0.2) is 0 Å². The fourth-order valence-corrected chi connectivity index (χ4v) is 14.9. The van der Waals surface area contributed by atoms with E-state index in [0.717, 1.165) is 50.1 Å². The van der Waals surface area contributed by atoms with Crippen LogP contribution < -0.4 is 0 Å². The van der Waals surface area contributed by atoms with Crippen LogP contribution in [0.1, 0.15) is 77.8 Å². The van der Waals surface area contributed by atoms with Gasteiger partial charge < -0.3 is 99.8 Å². The molecule has 0 unspecified atom stereocenters. The minimum atomic E-state index is -1.78. The molecule has 0 amide bonds. The Hall–Kier alpha value is -9.82. The fraction of sp³-hybridized carbons (Fsp3) is 0.389. The van der Waals surface area contributed by atoms with Gasteiger partial charge in [-0.1, -0.05) is 273 Å². The average molecular weight is 1650 g/mol. The van der Waals surface area contributed by atoms with E-state index < -0.39 is 167 Å². The Kier molecular flexibility index (Phi) is 33.5. The van der Waals surface area contributed by atoms with Crippen molar-refractivity contribution in [2.24, 2.45) is 0 Å². The molecule has 25 heteroatoms. The first-order chi connectivity index (χ1) is 58.7. The SMILES string of the molecule is CC(=O)O[C@@H]1[C@@H](OC[C@H]2O[C@H](OC[C@H]3O[C@H](OC[C@H]4O[C@H](O)[C@@H](OC(C)=O)[C@@H](OCc5ccccc5)[C@@H]4OCc4ccccc4)[C@@H](OC(C)=O)[C@@H](OCc4ccccc4)[C@@H]3OCc3ccccc3)[C@@H](OC(C)=O)[C@@H](OCc3ccccc3)[C@@H]2OCc2ccccc2)O[C@H](COCc2ccccc2)[C@@H](OCc2ccccc2)[C@@H]1OCc1ccccc1. The average Bonchev–Trinajstić information content (AvgIpc) is 0.783. The van der Waals surface area contributed by atoms with Crippen molar-refractivity contribution >= 4 is 23.9 Å². The molecular weight excluding hydrogens is 1540 g/mol. The van der Waals surface area contributed by atoms with Gasteiger partial charge in [-0.2, -0.15) is 0 Å². The van der Waals surface area contributed by atoms with E-state index in [-0.39, 0.29) is 66.1 Å². The van der Waals surface area contributed by atoms with Crippen LogP contribution in [0.3, 0.4) is 0 Å². The van der Waals surface area contributed by atoms with Crippen molar-refractivity contribution in [3.8, 4) is 0 Å². The summed E-state index contributed by atoms with van der Waals surface area (Å²) in [7, 11) is 0. The van der Waals surface area contributed by atoms with Gasteiger partial charge in [0.25, 0.3) is 0 Å². The zero-order valence-electron chi connectivity index (χ0n) is 67.5. The van der Waals surface area contributed by atoms with Crippen LogP contribution in [-0.2, 0) is 173 Å². The summed E-state index contributed by atoms with van der Waals surface area (Å²) in [5.74, 6) is -2.84. The van der Waals surface area contributed by atoms with Crippen LogP contribution in [0.25, 0.3) is 0 Å². The van der Waals surface area contributed by atoms with Gasteiger partial charge in [-0.15, -0.1) is 0 Å². The highest BCUT2D eigenvalue weighted by Gasteiger charge is 2.57. The van der Waals surface area contributed by atoms with Crippen molar-refractivity contribution < 1.29 is 119 Å². The summed E-state index contributed by atoms with van der Waals surface area (Å²) < 4.78 is 136. The normalized spacial score (nSPS) is 26.7. The predicted octanol–water partition coefficient (Wildman–Crippen LogP) is 12.6. The molecule has 4 aliphatic heterocycles. The number of carbonyl (C=O) groups excluding carboxylic acids is 4. The third-order valence-corrected chi connectivity index (χ3v) is 20.5. The van der Waals surface area contributed by atoms with E-state index in [2.05, 4.69) is 0 Å². The van der Waals surface area contributed by atoms with Crippen LogP contribution in [-0.4, -0.2) is 178 Å². The topological polar surface area (TPSA) is 273 Å². The molecule has 4 fully saturated rings. The van der Waals surface area contributed by atoms with Crippen molar-refractivity contribution in [2.45, 2.75) is 210 Å². The van der Waals surface area contributed by atoms with Crippen LogP contribution in [0.4, 0.5) is 0 Å². The van der Waals surface area contributed by atoms with Crippen molar-refractivity contribution in [3.63, 3.8) is 0 Å². The molecule has 0 saturated carbocycles. The zero-order chi connectivity index (χ0) is 83.2. The van der Waals surface area contributed by atoms with Crippen LogP contribution >= 0.6 is 0 Å². The number of benzene rings is 9. The molecular formula is C95H104O25. The second-order valence-corrected chi connectivity index (χ2v) is 29.6. The molecule has 9 aromatic rings. The predicted molar refractivity (Wildman–Crippen MR) is 433 cm³/mol. The standard InChI is InChI=1S/C95H104O25/c1-63(96)113-88-84(106-55-72-42-24-10-25-43-72)81(103-52-69-36-18-7-19-37-69)77(117-92(88)100)60-110-94-90(115-65(3)98)86(108-57-74-46-28-12-29-47-74)83(105-54-71-40-22-9-23-41-71)79(119-94)62-112-95-91(116-66(4)99)87(109-58-75-48-30-13-31-49-75)82(104-53-70-38-20-8-21-39-70)78(120-95)61-111-93-89(114-64(2)97)85(107-56-73-44-26-11-27-45-73)80(102-51-68-34-16-6-17-35-68)76(118-93)59-101-50-67-32-14-5-15-33-67/h5-49,76-95,100H,50-62H2,1-4H3/t76-,77-,78-,79-,80-,81-,82-,83-,84+,85+,86+,87+,88+,89+,90+,91+,92+,93+,94+,95+/m1/s1. The maximum absolute atomic E-state index is 14.0. The molecule has 4 saturated heterocycles. The van der Waals surface area contributed by atoms with E-state index in [4.69, 9.17) is 94.7 Å². The summed E-state index contributed by atoms with van der Waals surface area (Å²) in [6.45, 7) is 3.90. The van der Waals surface area contributed by atoms with Crippen LogP contribution in [0.15, 0.2) is 273 Å². The van der Waals surface area contributed by atoms with Crippen LogP contribution in [0, 0.1) is 0 Å². The molecule has 634 valence electrons. The highest BCUT2D eigenvalue weighted by atomic mass is 16.8. The smallest absolute Gasteiger partial charge is 0.303 e. The highest BCUT2D eigenvalue weighted by molar-refractivity contribution is 5.67. The second kappa shape index (κ2) is 45.7. The van der Waals surface area contributed by atoms with E-state index in [1.807, 2.05) is 273 Å². The third kappa shape index (κ3) is 25.9. The quantitative estimate of drug-likeness (QED) is 0.0275. The Bertz CT molecular complexity index is 4480. The highest BCUT2D eigenvalue weighted by Crippen LogP contribution is 2.39. The van der Waals surface area contributed by atoms with Gasteiger partial charge in [-0.05, 0) is 50.1 Å². The monoisotopic (exact) mass is 1640 g/mol. The molecule has 0 spiro atoms. The molecule has 25 nitrogen and oxygen atoms in total. The third-order valence-electron chi connectivity index (χ3n) is 20.5. The molecule has 0 aliphatic carbocycles. The molecule has 9 aromatic carbocycles. The maximum Gasteiger partial charge on any atom is 0.303 e. The molecule has 4 aliphatic rings. The van der Waals surface area contributed by atoms with Crippen molar-refractivity contribution in [1.82, 2.24) is 0 Å². The summed E-state index contributed by atoms with van der Waals surface area (Å²) in [5.41, 5.74) is 7.19. The first kappa shape index (κ1) is 88.0. The number of hydrogen-bond donors (Lipinski definition) is 1. The number of carbonyl (C=O) groups is 4. The first-order valence-electron chi connectivity index (χ1n) is 40.4. The minimum absolute atomic E-state index is 0.00789. The number of ether oxygens (including phenoxy) is 20. The lowest BCUT2D eigenvalue weighted by Crippen LogP contribution is -2.65. The van der Waals surface area contributed by atoms with Gasteiger partial charge >= 0.3 is 23.9 Å². The van der Waals surface area contributed by atoms with Gasteiger partial charge in [0.15, 0.2) is 49.6 Å². The molecule has 0 aromatic heterocycles. The van der Waals surface area contributed by atoms with Crippen molar-refractivity contribution in [2.75, 3.05) is 26.4 Å². The fourth-order valence-electron chi connectivity index (χ4n) is 14.9. The van der Waals surface area contributed by atoms with Crippen molar-refractivity contribution in [3.05, 3.63) is 323 Å². The van der Waals surface area contributed by atoms with Gasteiger partial charge in [0.1, 0.15) is 73.2 Å². The summed E-state index contributed by atoms with van der Waals surface area (Å²) in [6.07, 6.45) is -25.9. The number of hydrogen-bond acceptors (Lipinski definition) is 25. The molecule has 0 radical (unpaired) electrons. The minimum Gasteiger partial charge on any atom is -0.454 e. The number of rotatable bonds is 41.